The van der Waals surface area contributed by atoms with Gasteiger partial charge in [-0.3, -0.25) is 0 Å². The van der Waals surface area contributed by atoms with Crippen LogP contribution >= 0.6 is 11.6 Å². The fourth-order valence-corrected chi connectivity index (χ4v) is 2.91. The summed E-state index contributed by atoms with van der Waals surface area (Å²) in [7, 11) is 1.80. The molecule has 0 heterocycles. The molecule has 0 spiro atoms. The molecule has 1 N–H and O–H groups in total. The lowest BCUT2D eigenvalue weighted by molar-refractivity contribution is 0.367. The Kier molecular flexibility index (Phi) is 4.64. The van der Waals surface area contributed by atoms with Crippen molar-refractivity contribution in [2.24, 2.45) is 0 Å². The molecule has 0 aliphatic carbocycles. The highest BCUT2D eigenvalue weighted by Crippen LogP contribution is 2.39. The van der Waals surface area contributed by atoms with Crippen LogP contribution in [0.4, 0.5) is 8.78 Å². The van der Waals surface area contributed by atoms with Crippen LogP contribution in [0, 0.1) is 11.6 Å². The Balaban J connectivity index is 2.48. The zero-order chi connectivity index (χ0) is 15.6. The first-order valence-corrected chi connectivity index (χ1v) is 7.12. The van der Waals surface area contributed by atoms with Crippen LogP contribution in [-0.4, -0.2) is 7.05 Å². The topological polar surface area (TPSA) is 12.0 Å². The van der Waals surface area contributed by atoms with Gasteiger partial charge in [-0.15, -0.1) is 0 Å². The molecule has 2 rings (SSSR count). The summed E-state index contributed by atoms with van der Waals surface area (Å²) in [5, 5.41) is 3.70. The fourth-order valence-electron chi connectivity index (χ4n) is 2.69. The molecule has 0 aliphatic heterocycles. The maximum absolute atomic E-state index is 13.6. The molecule has 0 saturated carbocycles. The quantitative estimate of drug-likeness (QED) is 0.850. The Labute approximate surface area is 128 Å². The maximum atomic E-state index is 13.6. The second kappa shape index (κ2) is 6.12. The van der Waals surface area contributed by atoms with Crippen molar-refractivity contribution in [3.05, 3.63) is 70.2 Å². The molecule has 0 saturated heterocycles. The molecule has 1 unspecified atom stereocenters. The predicted molar refractivity (Wildman–Crippen MR) is 82.6 cm³/mol. The highest BCUT2D eigenvalue weighted by atomic mass is 35.5. The van der Waals surface area contributed by atoms with E-state index in [1.54, 1.807) is 25.2 Å². The predicted octanol–water partition coefficient (Wildman–Crippen LogP) is 4.86. The van der Waals surface area contributed by atoms with Crippen molar-refractivity contribution >= 4 is 11.6 Å². The lowest BCUT2D eigenvalue weighted by Gasteiger charge is -2.35. The van der Waals surface area contributed by atoms with Crippen LogP contribution < -0.4 is 5.32 Å². The summed E-state index contributed by atoms with van der Waals surface area (Å²) >= 11 is 6.22. The highest BCUT2D eigenvalue weighted by molar-refractivity contribution is 6.31. The van der Waals surface area contributed by atoms with Crippen LogP contribution in [0.2, 0.25) is 5.02 Å². The third kappa shape index (κ3) is 3.25. The third-order valence-corrected chi connectivity index (χ3v) is 4.21. The summed E-state index contributed by atoms with van der Waals surface area (Å²) in [6.07, 6.45) is 0. The van der Waals surface area contributed by atoms with E-state index < -0.39 is 0 Å². The van der Waals surface area contributed by atoms with Gasteiger partial charge >= 0.3 is 0 Å². The van der Waals surface area contributed by atoms with Gasteiger partial charge < -0.3 is 5.32 Å². The molecule has 0 bridgehead atoms. The average Bonchev–Trinajstić information content (AvgIpc) is 2.43. The standard InChI is InChI=1S/C17H18ClF2N/c1-17(2,11-4-6-12(19)7-5-11)16(21-3)14-10-13(20)8-9-15(14)18/h4-10,16,21H,1-3H3. The zero-order valence-corrected chi connectivity index (χ0v) is 13.0. The first kappa shape index (κ1) is 15.9. The van der Waals surface area contributed by atoms with Crippen molar-refractivity contribution in [2.45, 2.75) is 25.3 Å². The van der Waals surface area contributed by atoms with E-state index in [0.717, 1.165) is 5.56 Å². The monoisotopic (exact) mass is 309 g/mol. The van der Waals surface area contributed by atoms with E-state index >= 15 is 0 Å². The van der Waals surface area contributed by atoms with Crippen molar-refractivity contribution in [3.63, 3.8) is 0 Å². The normalized spacial score (nSPS) is 13.2. The number of hydrogen-bond acceptors (Lipinski definition) is 1. The molecule has 0 fully saturated rings. The minimum Gasteiger partial charge on any atom is -0.312 e. The van der Waals surface area contributed by atoms with E-state index in [4.69, 9.17) is 11.6 Å². The Hall–Kier alpha value is -1.45. The molecule has 0 aromatic heterocycles. The molecule has 0 amide bonds. The lowest BCUT2D eigenvalue weighted by atomic mass is 9.75. The number of rotatable bonds is 4. The van der Waals surface area contributed by atoms with Gasteiger partial charge in [-0.1, -0.05) is 37.6 Å². The molecule has 0 radical (unpaired) electrons. The fraction of sp³-hybridized carbons (Fsp3) is 0.294. The van der Waals surface area contributed by atoms with Gasteiger partial charge in [0.1, 0.15) is 11.6 Å². The number of halogens is 3. The van der Waals surface area contributed by atoms with E-state index in [1.165, 1.54) is 24.3 Å². The summed E-state index contributed by atoms with van der Waals surface area (Å²) in [6.45, 7) is 4.03. The van der Waals surface area contributed by atoms with Gasteiger partial charge in [-0.2, -0.15) is 0 Å². The Bertz CT molecular complexity index is 623. The van der Waals surface area contributed by atoms with Gasteiger partial charge in [0.2, 0.25) is 0 Å². The number of benzene rings is 2. The lowest BCUT2D eigenvalue weighted by Crippen LogP contribution is -2.35. The number of nitrogens with one attached hydrogen (secondary N) is 1. The van der Waals surface area contributed by atoms with Crippen molar-refractivity contribution in [3.8, 4) is 0 Å². The van der Waals surface area contributed by atoms with Crippen molar-refractivity contribution < 1.29 is 8.78 Å². The van der Waals surface area contributed by atoms with Gasteiger partial charge in [0.25, 0.3) is 0 Å². The van der Waals surface area contributed by atoms with Crippen LogP contribution in [0.25, 0.3) is 0 Å². The van der Waals surface area contributed by atoms with Crippen LogP contribution in [0.5, 0.6) is 0 Å². The Morgan fingerprint density at radius 3 is 2.14 bits per heavy atom. The minimum absolute atomic E-state index is 0.203. The first-order valence-electron chi connectivity index (χ1n) is 6.74. The molecule has 1 nitrogen and oxygen atoms in total. The van der Waals surface area contributed by atoms with Gasteiger partial charge in [-0.05, 0) is 48.5 Å². The largest absolute Gasteiger partial charge is 0.312 e. The van der Waals surface area contributed by atoms with E-state index in [1.807, 2.05) is 13.8 Å². The molecular formula is C17H18ClF2N. The minimum atomic E-state index is -0.389. The van der Waals surface area contributed by atoms with Crippen LogP contribution in [0.3, 0.4) is 0 Å². The molecule has 2 aromatic carbocycles. The Morgan fingerprint density at radius 2 is 1.57 bits per heavy atom. The molecule has 21 heavy (non-hydrogen) atoms. The summed E-state index contributed by atoms with van der Waals surface area (Å²) in [4.78, 5) is 0. The highest BCUT2D eigenvalue weighted by Gasteiger charge is 2.33. The summed E-state index contributed by atoms with van der Waals surface area (Å²) in [5.74, 6) is -0.607. The van der Waals surface area contributed by atoms with Crippen molar-refractivity contribution in [1.82, 2.24) is 5.32 Å². The second-order valence-corrected chi connectivity index (χ2v) is 6.02. The maximum Gasteiger partial charge on any atom is 0.123 e. The third-order valence-electron chi connectivity index (χ3n) is 3.87. The van der Waals surface area contributed by atoms with Gasteiger partial charge in [0, 0.05) is 16.5 Å². The van der Waals surface area contributed by atoms with E-state index in [0.29, 0.717) is 10.6 Å². The van der Waals surface area contributed by atoms with E-state index in [9.17, 15) is 8.78 Å². The van der Waals surface area contributed by atoms with Crippen molar-refractivity contribution in [1.29, 1.82) is 0 Å². The van der Waals surface area contributed by atoms with Crippen molar-refractivity contribution in [2.75, 3.05) is 7.05 Å². The van der Waals surface area contributed by atoms with E-state index in [-0.39, 0.29) is 23.1 Å². The molecule has 4 heteroatoms. The number of likely N-dealkylation sites (N-methyl/N-ethyl adjacent to an activating group) is 1. The zero-order valence-electron chi connectivity index (χ0n) is 12.3. The molecule has 2 aromatic rings. The smallest absolute Gasteiger partial charge is 0.123 e. The van der Waals surface area contributed by atoms with Gasteiger partial charge in [0.15, 0.2) is 0 Å². The summed E-state index contributed by atoms with van der Waals surface area (Å²) < 4.78 is 26.7. The average molecular weight is 310 g/mol. The molecule has 0 aliphatic rings. The molecular weight excluding hydrogens is 292 g/mol. The second-order valence-electron chi connectivity index (χ2n) is 5.62. The first-order chi connectivity index (χ1) is 9.86. The Morgan fingerprint density at radius 1 is 1.00 bits per heavy atom. The summed E-state index contributed by atoms with van der Waals surface area (Å²) in [6, 6.07) is 10.5. The van der Waals surface area contributed by atoms with E-state index in [2.05, 4.69) is 5.32 Å². The van der Waals surface area contributed by atoms with Gasteiger partial charge in [-0.25, -0.2) is 8.78 Å². The number of hydrogen-bond donors (Lipinski definition) is 1. The van der Waals surface area contributed by atoms with Gasteiger partial charge in [0.05, 0.1) is 0 Å². The SMILES string of the molecule is CNC(c1cc(F)ccc1Cl)C(C)(C)c1ccc(F)cc1. The van der Waals surface area contributed by atoms with Crippen LogP contribution in [0.1, 0.15) is 31.0 Å². The molecule has 1 atom stereocenters. The molecule has 112 valence electrons. The summed E-state index contributed by atoms with van der Waals surface area (Å²) in [5.41, 5.74) is 1.25. The van der Waals surface area contributed by atoms with Crippen LogP contribution in [-0.2, 0) is 5.41 Å². The van der Waals surface area contributed by atoms with Crippen LogP contribution in [0.15, 0.2) is 42.5 Å².